The zero-order chi connectivity index (χ0) is 19.2. The van der Waals surface area contributed by atoms with Crippen LogP contribution in [0.3, 0.4) is 0 Å². The average molecular weight is 412 g/mol. The van der Waals surface area contributed by atoms with Crippen molar-refractivity contribution in [1.29, 1.82) is 0 Å². The lowest BCUT2D eigenvalue weighted by Gasteiger charge is -2.21. The molecule has 9 heteroatoms. The van der Waals surface area contributed by atoms with Gasteiger partial charge in [-0.2, -0.15) is 0 Å². The lowest BCUT2D eigenvalue weighted by molar-refractivity contribution is 0.597. The Kier molecular flexibility index (Phi) is 4.63. The Balaban J connectivity index is 1.81. The van der Waals surface area contributed by atoms with Crippen molar-refractivity contribution in [2.24, 2.45) is 0 Å². The van der Waals surface area contributed by atoms with Gasteiger partial charge in [0.15, 0.2) is 15.7 Å². The third-order valence-corrected chi connectivity index (χ3v) is 6.41. The van der Waals surface area contributed by atoms with E-state index in [4.69, 9.17) is 11.6 Å². The van der Waals surface area contributed by atoms with E-state index in [0.29, 0.717) is 17.1 Å². The Morgan fingerprint density at radius 1 is 1.11 bits per heavy atom. The first-order valence-corrected chi connectivity index (χ1v) is 10.7. The van der Waals surface area contributed by atoms with E-state index in [1.807, 2.05) is 0 Å². The normalized spacial score (nSPS) is 20.5. The predicted octanol–water partition coefficient (Wildman–Crippen LogP) is 4.02. The van der Waals surface area contributed by atoms with Crippen LogP contribution in [-0.2, 0) is 21.3 Å². The lowest BCUT2D eigenvalue weighted by Crippen LogP contribution is -2.22. The Hall–Kier alpha value is -2.06. The number of sulfone groups is 1. The van der Waals surface area contributed by atoms with E-state index in [-0.39, 0.29) is 34.0 Å². The molecule has 0 amide bonds. The number of anilines is 1. The molecule has 0 saturated heterocycles. The van der Waals surface area contributed by atoms with Crippen molar-refractivity contribution in [2.75, 3.05) is 5.32 Å². The fourth-order valence-corrected chi connectivity index (χ4v) is 4.98. The molecule has 0 saturated carbocycles. The smallest absolute Gasteiger partial charge is 0.164 e. The predicted molar refractivity (Wildman–Crippen MR) is 99.1 cm³/mol. The molecule has 2 aromatic rings. The summed E-state index contributed by atoms with van der Waals surface area (Å²) in [5.74, 6) is -1.66. The van der Waals surface area contributed by atoms with Crippen molar-refractivity contribution < 1.29 is 17.2 Å². The molecule has 1 unspecified atom stereocenters. The summed E-state index contributed by atoms with van der Waals surface area (Å²) in [5.41, 5.74) is 0.669. The number of aromatic nitrogens is 2. The first-order valence-electron chi connectivity index (χ1n) is 8.49. The molecule has 1 aliphatic heterocycles. The van der Waals surface area contributed by atoms with Gasteiger partial charge in [-0.15, -0.1) is 0 Å². The molecule has 0 radical (unpaired) electrons. The molecule has 1 aromatic carbocycles. The van der Waals surface area contributed by atoms with Gasteiger partial charge >= 0.3 is 0 Å². The number of nitrogens with zero attached hydrogens (tertiary/aromatic N) is 2. The summed E-state index contributed by atoms with van der Waals surface area (Å²) in [6.45, 7) is 0. The minimum Gasteiger partial charge on any atom is -0.367 e. The third kappa shape index (κ3) is 3.68. The minimum atomic E-state index is -3.34. The number of benzene rings is 1. The summed E-state index contributed by atoms with van der Waals surface area (Å²) in [5, 5.41) is 2.93. The summed E-state index contributed by atoms with van der Waals surface area (Å²) >= 11 is 5.61. The quantitative estimate of drug-likeness (QED) is 0.610. The van der Waals surface area contributed by atoms with Gasteiger partial charge in [-0.3, -0.25) is 0 Å². The maximum Gasteiger partial charge on any atom is 0.164 e. The second kappa shape index (κ2) is 6.83. The van der Waals surface area contributed by atoms with Crippen molar-refractivity contribution in [1.82, 2.24) is 9.97 Å². The van der Waals surface area contributed by atoms with Crippen LogP contribution < -0.4 is 5.32 Å². The van der Waals surface area contributed by atoms with Crippen LogP contribution >= 0.6 is 11.6 Å². The van der Waals surface area contributed by atoms with Crippen LogP contribution in [0, 0.1) is 11.6 Å². The van der Waals surface area contributed by atoms with Gasteiger partial charge in [0.25, 0.3) is 0 Å². The summed E-state index contributed by atoms with van der Waals surface area (Å²) < 4.78 is 52.3. The van der Waals surface area contributed by atoms with E-state index in [1.54, 1.807) is 0 Å². The van der Waals surface area contributed by atoms with E-state index >= 15 is 0 Å². The van der Waals surface area contributed by atoms with Crippen LogP contribution in [0.15, 0.2) is 24.3 Å². The molecule has 0 spiro atoms. The van der Waals surface area contributed by atoms with Gasteiger partial charge in [-0.25, -0.2) is 27.2 Å². The summed E-state index contributed by atoms with van der Waals surface area (Å²) in [6, 6.07) is 1.88. The summed E-state index contributed by atoms with van der Waals surface area (Å²) in [6.07, 6.45) is 6.71. The van der Waals surface area contributed by atoms with Crippen LogP contribution in [0.5, 0.6) is 0 Å². The maximum absolute atomic E-state index is 14.3. The number of allylic oxidation sites excluding steroid dienone is 1. The highest BCUT2D eigenvalue weighted by Crippen LogP contribution is 2.34. The number of halogens is 3. The molecule has 2 heterocycles. The second-order valence-corrected chi connectivity index (χ2v) is 9.20. The standard InChI is InChI=1S/C18H16ClF2N3O2S/c19-13-7-14(20)11(6-15(13)21)17-23-16-9-27(25,26)8-12(16)18(24-17)22-10-4-2-1-3-5-10/h1-2,6-7,10H,3-5,8-9H2,(H,22,23,24). The molecule has 1 aromatic heterocycles. The molecule has 27 heavy (non-hydrogen) atoms. The maximum atomic E-state index is 14.3. The van der Waals surface area contributed by atoms with Crippen LogP contribution in [0.4, 0.5) is 14.6 Å². The summed E-state index contributed by atoms with van der Waals surface area (Å²) in [7, 11) is -3.34. The zero-order valence-electron chi connectivity index (χ0n) is 14.2. The topological polar surface area (TPSA) is 72.0 Å². The number of fused-ring (bicyclic) bond motifs is 1. The minimum absolute atomic E-state index is 0.0623. The highest BCUT2D eigenvalue weighted by atomic mass is 35.5. The van der Waals surface area contributed by atoms with Crippen LogP contribution in [0.1, 0.15) is 30.5 Å². The molecule has 1 atom stereocenters. The molecule has 0 bridgehead atoms. The molecule has 0 fully saturated rings. The second-order valence-electron chi connectivity index (χ2n) is 6.73. The monoisotopic (exact) mass is 411 g/mol. The Morgan fingerprint density at radius 2 is 1.93 bits per heavy atom. The third-order valence-electron chi connectivity index (χ3n) is 4.67. The van der Waals surface area contributed by atoms with Crippen LogP contribution in [0.25, 0.3) is 11.4 Å². The Morgan fingerprint density at radius 3 is 2.67 bits per heavy atom. The average Bonchev–Trinajstić information content (AvgIpc) is 2.93. The van der Waals surface area contributed by atoms with E-state index in [1.165, 1.54) is 0 Å². The molecule has 1 aliphatic carbocycles. The van der Waals surface area contributed by atoms with Crippen molar-refractivity contribution in [3.05, 3.63) is 52.2 Å². The number of nitrogens with one attached hydrogen (secondary N) is 1. The van der Waals surface area contributed by atoms with Crippen molar-refractivity contribution in [3.8, 4) is 11.4 Å². The van der Waals surface area contributed by atoms with Gasteiger partial charge in [-0.05, 0) is 31.4 Å². The fourth-order valence-electron chi connectivity index (χ4n) is 3.33. The van der Waals surface area contributed by atoms with E-state index in [0.717, 1.165) is 31.4 Å². The van der Waals surface area contributed by atoms with Crippen molar-refractivity contribution in [3.63, 3.8) is 0 Å². The Bertz CT molecular complexity index is 1060. The number of rotatable bonds is 3. The van der Waals surface area contributed by atoms with Crippen molar-refractivity contribution in [2.45, 2.75) is 36.8 Å². The van der Waals surface area contributed by atoms with E-state index < -0.39 is 21.5 Å². The molecular formula is C18H16ClF2N3O2S. The van der Waals surface area contributed by atoms with Gasteiger partial charge in [0.2, 0.25) is 0 Å². The van der Waals surface area contributed by atoms with Crippen LogP contribution in [0.2, 0.25) is 5.02 Å². The Labute approximate surface area is 160 Å². The molecule has 142 valence electrons. The van der Waals surface area contributed by atoms with Gasteiger partial charge in [-0.1, -0.05) is 23.8 Å². The largest absolute Gasteiger partial charge is 0.367 e. The first-order chi connectivity index (χ1) is 12.8. The zero-order valence-corrected chi connectivity index (χ0v) is 15.7. The van der Waals surface area contributed by atoms with Gasteiger partial charge < -0.3 is 5.32 Å². The highest BCUT2D eigenvalue weighted by Gasteiger charge is 2.31. The SMILES string of the molecule is O=S1(=O)Cc2nc(-c3cc(F)c(Cl)cc3F)nc(NC3CC=CCC3)c2C1. The van der Waals surface area contributed by atoms with Crippen molar-refractivity contribution >= 4 is 27.3 Å². The van der Waals surface area contributed by atoms with E-state index in [9.17, 15) is 17.2 Å². The molecule has 5 nitrogen and oxygen atoms in total. The molecule has 1 N–H and O–H groups in total. The number of hydrogen-bond donors (Lipinski definition) is 1. The highest BCUT2D eigenvalue weighted by molar-refractivity contribution is 7.90. The summed E-state index contributed by atoms with van der Waals surface area (Å²) in [4.78, 5) is 8.56. The van der Waals surface area contributed by atoms with Crippen LogP contribution in [-0.4, -0.2) is 24.4 Å². The lowest BCUT2D eigenvalue weighted by atomic mass is 10.0. The van der Waals surface area contributed by atoms with E-state index in [2.05, 4.69) is 27.4 Å². The van der Waals surface area contributed by atoms with Gasteiger partial charge in [0.1, 0.15) is 17.5 Å². The van der Waals surface area contributed by atoms with Gasteiger partial charge in [0, 0.05) is 11.6 Å². The molecule has 2 aliphatic rings. The molecular weight excluding hydrogens is 396 g/mol. The molecule has 4 rings (SSSR count). The number of hydrogen-bond acceptors (Lipinski definition) is 5. The fraction of sp³-hybridized carbons (Fsp3) is 0.333. The van der Waals surface area contributed by atoms with Gasteiger partial charge in [0.05, 0.1) is 27.8 Å². The first kappa shape index (κ1) is 18.3.